The van der Waals surface area contributed by atoms with Crippen molar-refractivity contribution in [3.8, 4) is 17.2 Å². The molecule has 8 heteroatoms. The zero-order valence-electron chi connectivity index (χ0n) is 12.5. The Morgan fingerprint density at radius 1 is 0.875 bits per heavy atom. The highest BCUT2D eigenvalue weighted by atomic mass is 15.6. The van der Waals surface area contributed by atoms with Gasteiger partial charge >= 0.3 is 0 Å². The molecule has 4 aromatic heterocycles. The summed E-state index contributed by atoms with van der Waals surface area (Å²) >= 11 is 0. The minimum Gasteiger partial charge on any atom is -0.353 e. The van der Waals surface area contributed by atoms with Gasteiger partial charge in [0.2, 0.25) is 5.82 Å². The van der Waals surface area contributed by atoms with Crippen molar-refractivity contribution < 1.29 is 0 Å². The largest absolute Gasteiger partial charge is 0.353 e. The van der Waals surface area contributed by atoms with E-state index in [4.69, 9.17) is 0 Å². The number of hydrogen-bond donors (Lipinski definition) is 1. The second kappa shape index (κ2) is 6.21. The molecule has 4 rings (SSSR count). The second-order valence-electron chi connectivity index (χ2n) is 4.92. The molecule has 0 bridgehead atoms. The van der Waals surface area contributed by atoms with E-state index in [9.17, 15) is 0 Å². The van der Waals surface area contributed by atoms with Crippen LogP contribution in [0.15, 0.2) is 67.4 Å². The molecular weight excluding hydrogens is 304 g/mol. The summed E-state index contributed by atoms with van der Waals surface area (Å²) in [6, 6.07) is 11.2. The first kappa shape index (κ1) is 13.9. The van der Waals surface area contributed by atoms with Crippen molar-refractivity contribution >= 4 is 11.4 Å². The Morgan fingerprint density at radius 2 is 1.83 bits per heavy atom. The molecule has 1 N–H and O–H groups in total. The number of rotatable bonds is 4. The number of aromatic nitrogens is 7. The summed E-state index contributed by atoms with van der Waals surface area (Å²) in [5, 5.41) is 15.7. The zero-order valence-corrected chi connectivity index (χ0v) is 12.5. The molecule has 24 heavy (non-hydrogen) atoms. The van der Waals surface area contributed by atoms with Gasteiger partial charge in [0.25, 0.3) is 0 Å². The Hall–Kier alpha value is -3.68. The summed E-state index contributed by atoms with van der Waals surface area (Å²) < 4.78 is 0. The van der Waals surface area contributed by atoms with Gasteiger partial charge in [0.15, 0.2) is 0 Å². The Morgan fingerprint density at radius 3 is 2.67 bits per heavy atom. The van der Waals surface area contributed by atoms with Crippen LogP contribution in [0.25, 0.3) is 17.2 Å². The van der Waals surface area contributed by atoms with Crippen LogP contribution >= 0.6 is 0 Å². The van der Waals surface area contributed by atoms with Crippen LogP contribution in [-0.4, -0.2) is 35.2 Å². The van der Waals surface area contributed by atoms with E-state index in [1.54, 1.807) is 31.0 Å². The lowest BCUT2D eigenvalue weighted by Crippen LogP contribution is -2.01. The SMILES string of the molecule is c1ccc(-c2nnn(-c3cncc(Nc4cccnc4)c3)n2)nc1. The lowest BCUT2D eigenvalue weighted by atomic mass is 10.3. The number of nitrogens with zero attached hydrogens (tertiary/aromatic N) is 7. The number of anilines is 2. The first-order chi connectivity index (χ1) is 11.9. The van der Waals surface area contributed by atoms with E-state index in [-0.39, 0.29) is 0 Å². The van der Waals surface area contributed by atoms with Gasteiger partial charge < -0.3 is 5.32 Å². The van der Waals surface area contributed by atoms with E-state index in [0.717, 1.165) is 11.4 Å². The molecule has 0 spiro atoms. The second-order valence-corrected chi connectivity index (χ2v) is 4.92. The van der Waals surface area contributed by atoms with Crippen molar-refractivity contribution in [2.75, 3.05) is 5.32 Å². The third-order valence-corrected chi connectivity index (χ3v) is 3.21. The average molecular weight is 316 g/mol. The van der Waals surface area contributed by atoms with Crippen LogP contribution in [0, 0.1) is 0 Å². The number of tetrazole rings is 1. The first-order valence-electron chi connectivity index (χ1n) is 7.22. The molecule has 8 nitrogen and oxygen atoms in total. The maximum Gasteiger partial charge on any atom is 0.223 e. The maximum atomic E-state index is 4.35. The molecule has 0 aromatic carbocycles. The first-order valence-corrected chi connectivity index (χ1v) is 7.22. The van der Waals surface area contributed by atoms with Gasteiger partial charge in [0.1, 0.15) is 11.4 Å². The zero-order chi connectivity index (χ0) is 16.2. The molecule has 0 radical (unpaired) electrons. The van der Waals surface area contributed by atoms with Crippen molar-refractivity contribution in [3.05, 3.63) is 67.4 Å². The highest BCUT2D eigenvalue weighted by molar-refractivity contribution is 5.59. The average Bonchev–Trinajstić information content (AvgIpc) is 3.14. The van der Waals surface area contributed by atoms with Gasteiger partial charge in [-0.25, -0.2) is 0 Å². The molecule has 4 heterocycles. The fraction of sp³-hybridized carbons (Fsp3) is 0. The van der Waals surface area contributed by atoms with E-state index in [1.165, 1.54) is 4.80 Å². The smallest absolute Gasteiger partial charge is 0.223 e. The third-order valence-electron chi connectivity index (χ3n) is 3.21. The van der Waals surface area contributed by atoms with Crippen LogP contribution in [0.2, 0.25) is 0 Å². The van der Waals surface area contributed by atoms with E-state index in [1.807, 2.05) is 36.4 Å². The summed E-state index contributed by atoms with van der Waals surface area (Å²) in [7, 11) is 0. The molecule has 0 atom stereocenters. The van der Waals surface area contributed by atoms with Crippen LogP contribution in [-0.2, 0) is 0 Å². The summed E-state index contributed by atoms with van der Waals surface area (Å²) in [5.41, 5.74) is 3.04. The van der Waals surface area contributed by atoms with Gasteiger partial charge in [-0.3, -0.25) is 15.0 Å². The van der Waals surface area contributed by atoms with Crippen LogP contribution in [0.4, 0.5) is 11.4 Å². The van der Waals surface area contributed by atoms with Crippen molar-refractivity contribution in [2.24, 2.45) is 0 Å². The van der Waals surface area contributed by atoms with Crippen LogP contribution in [0.3, 0.4) is 0 Å². The van der Waals surface area contributed by atoms with E-state index < -0.39 is 0 Å². The van der Waals surface area contributed by atoms with Crippen molar-refractivity contribution in [3.63, 3.8) is 0 Å². The molecular formula is C16H12N8. The normalized spacial score (nSPS) is 10.5. The molecule has 0 fully saturated rings. The fourth-order valence-electron chi connectivity index (χ4n) is 2.13. The van der Waals surface area contributed by atoms with Crippen molar-refractivity contribution in [2.45, 2.75) is 0 Å². The van der Waals surface area contributed by atoms with Gasteiger partial charge in [-0.2, -0.15) is 0 Å². The summed E-state index contributed by atoms with van der Waals surface area (Å²) in [4.78, 5) is 13.9. The predicted octanol–water partition coefficient (Wildman–Crippen LogP) is 2.26. The third kappa shape index (κ3) is 2.93. The number of hydrogen-bond acceptors (Lipinski definition) is 7. The van der Waals surface area contributed by atoms with Crippen LogP contribution in [0.1, 0.15) is 0 Å². The van der Waals surface area contributed by atoms with Crippen molar-refractivity contribution in [1.29, 1.82) is 0 Å². The lowest BCUT2D eigenvalue weighted by Gasteiger charge is -2.06. The predicted molar refractivity (Wildman–Crippen MR) is 87.7 cm³/mol. The highest BCUT2D eigenvalue weighted by Gasteiger charge is 2.09. The summed E-state index contributed by atoms with van der Waals surface area (Å²) in [5.74, 6) is 0.459. The van der Waals surface area contributed by atoms with Gasteiger partial charge in [-0.1, -0.05) is 6.07 Å². The van der Waals surface area contributed by atoms with Gasteiger partial charge in [-0.15, -0.1) is 15.0 Å². The maximum absolute atomic E-state index is 4.35. The molecule has 0 aliphatic carbocycles. The van der Waals surface area contributed by atoms with E-state index in [2.05, 4.69) is 35.7 Å². The Kier molecular flexibility index (Phi) is 3.61. The van der Waals surface area contributed by atoms with E-state index in [0.29, 0.717) is 17.2 Å². The monoisotopic (exact) mass is 316 g/mol. The fourth-order valence-corrected chi connectivity index (χ4v) is 2.13. The molecule has 116 valence electrons. The standard InChI is InChI=1S/C16H12N8/c1-2-7-19-15(5-1)16-21-23-24(22-16)14-8-13(10-18-11-14)20-12-4-3-6-17-9-12/h1-11,20H. The number of nitrogens with one attached hydrogen (secondary N) is 1. The minimum atomic E-state index is 0.459. The molecule has 0 saturated heterocycles. The highest BCUT2D eigenvalue weighted by Crippen LogP contribution is 2.17. The molecule has 0 unspecified atom stereocenters. The van der Waals surface area contributed by atoms with E-state index >= 15 is 0 Å². The quantitative estimate of drug-likeness (QED) is 0.617. The molecule has 4 aromatic rings. The topological polar surface area (TPSA) is 94.3 Å². The van der Waals surface area contributed by atoms with Gasteiger partial charge in [-0.05, 0) is 35.5 Å². The van der Waals surface area contributed by atoms with Crippen molar-refractivity contribution in [1.82, 2.24) is 35.2 Å². The Bertz CT molecular complexity index is 936. The summed E-state index contributed by atoms with van der Waals surface area (Å²) in [6.45, 7) is 0. The molecule has 0 aliphatic rings. The van der Waals surface area contributed by atoms with Crippen LogP contribution < -0.4 is 5.32 Å². The van der Waals surface area contributed by atoms with Crippen LogP contribution in [0.5, 0.6) is 0 Å². The van der Waals surface area contributed by atoms with Gasteiger partial charge in [0.05, 0.1) is 30.0 Å². The van der Waals surface area contributed by atoms with Gasteiger partial charge in [0, 0.05) is 12.4 Å². The summed E-state index contributed by atoms with van der Waals surface area (Å²) in [6.07, 6.45) is 8.53. The Balaban J connectivity index is 1.61. The molecule has 0 aliphatic heterocycles. The lowest BCUT2D eigenvalue weighted by molar-refractivity contribution is 0.717. The minimum absolute atomic E-state index is 0.459. The number of pyridine rings is 3. The Labute approximate surface area is 137 Å². The molecule has 0 amide bonds. The molecule has 0 saturated carbocycles.